The van der Waals surface area contributed by atoms with Gasteiger partial charge in [0.25, 0.3) is 0 Å². The van der Waals surface area contributed by atoms with Crippen LogP contribution in [0.5, 0.6) is 0 Å². The first-order valence-corrected chi connectivity index (χ1v) is 16.9. The number of carbonyl (C=O) groups is 4. The van der Waals surface area contributed by atoms with Gasteiger partial charge in [-0.1, -0.05) is 44.2 Å². The fourth-order valence-electron chi connectivity index (χ4n) is 7.85. The molecule has 0 spiro atoms. The number of carbonyl (C=O) groups excluding carboxylic acids is 4. The molecule has 1 aromatic carbocycles. The fourth-order valence-corrected chi connectivity index (χ4v) is 8.32. The summed E-state index contributed by atoms with van der Waals surface area (Å²) in [6.45, 7) is 3.72. The van der Waals surface area contributed by atoms with E-state index < -0.39 is 29.9 Å². The molecule has 1 aromatic rings. The first-order chi connectivity index (χ1) is 20.1. The minimum Gasteiger partial charge on any atom is -0.368 e. The van der Waals surface area contributed by atoms with E-state index in [4.69, 9.17) is 11.5 Å². The van der Waals surface area contributed by atoms with E-state index in [-0.39, 0.29) is 42.7 Å². The van der Waals surface area contributed by atoms with Gasteiger partial charge in [-0.05, 0) is 92.1 Å². The summed E-state index contributed by atoms with van der Waals surface area (Å²) < 4.78 is 0. The van der Waals surface area contributed by atoms with Gasteiger partial charge >= 0.3 is 0 Å². The number of rotatable bonds is 15. The Balaban J connectivity index is 0.00000506. The summed E-state index contributed by atoms with van der Waals surface area (Å²) in [6.07, 6.45) is 8.76. The zero-order valence-electron chi connectivity index (χ0n) is 25.7. The van der Waals surface area contributed by atoms with Crippen LogP contribution in [0.15, 0.2) is 30.3 Å². The number of hydrogen-bond acceptors (Lipinski definition) is 6. The molecule has 0 unspecified atom stereocenters. The van der Waals surface area contributed by atoms with Crippen molar-refractivity contribution in [3.05, 3.63) is 35.9 Å². The smallest absolute Gasteiger partial charge is 0.243 e. The van der Waals surface area contributed by atoms with Gasteiger partial charge in [-0.3, -0.25) is 19.2 Å². The monoisotopic (exact) mass is 635 g/mol. The Morgan fingerprint density at radius 1 is 0.977 bits per heavy atom. The number of nitrogens with zero attached hydrogens (tertiary/aromatic N) is 1. The highest BCUT2D eigenvalue weighted by Crippen LogP contribution is 2.55. The second-order valence-corrected chi connectivity index (χ2v) is 14.1. The molecule has 4 aliphatic rings. The molecule has 0 heterocycles. The highest BCUT2D eigenvalue weighted by Gasteiger charge is 2.52. The quantitative estimate of drug-likeness (QED) is 0.233. The molecule has 4 bridgehead atoms. The highest BCUT2D eigenvalue weighted by atomic mass is 35.5. The summed E-state index contributed by atoms with van der Waals surface area (Å²) in [7, 11) is 0. The molecule has 4 aliphatic carbocycles. The third-order valence-corrected chi connectivity index (χ3v) is 10.1. The molecule has 0 aromatic heterocycles. The largest absolute Gasteiger partial charge is 0.368 e. The third-order valence-electron chi connectivity index (χ3n) is 9.44. The normalized spacial score (nSPS) is 25.7. The van der Waals surface area contributed by atoms with Crippen molar-refractivity contribution in [2.45, 2.75) is 89.4 Å². The van der Waals surface area contributed by atoms with E-state index in [1.165, 1.54) is 6.42 Å². The van der Waals surface area contributed by atoms with E-state index in [0.29, 0.717) is 48.7 Å². The van der Waals surface area contributed by atoms with E-state index in [1.54, 1.807) is 16.7 Å². The Bertz CT molecular complexity index is 1080. The lowest BCUT2D eigenvalue weighted by Crippen LogP contribution is -2.64. The molecule has 4 fully saturated rings. The zero-order valence-corrected chi connectivity index (χ0v) is 27.3. The average Bonchev–Trinajstić information content (AvgIpc) is 2.94. The van der Waals surface area contributed by atoms with Crippen LogP contribution in [-0.2, 0) is 25.6 Å². The molecule has 0 radical (unpaired) electrons. The lowest BCUT2D eigenvalue weighted by Gasteiger charge is -2.58. The molecular formula is C32H50ClN5O4S. The van der Waals surface area contributed by atoms with Crippen molar-refractivity contribution in [3.8, 4) is 0 Å². The Morgan fingerprint density at radius 2 is 1.58 bits per heavy atom. The molecule has 240 valence electrons. The third kappa shape index (κ3) is 9.11. The number of thioether (sulfide) groups is 1. The van der Waals surface area contributed by atoms with Gasteiger partial charge in [-0.2, -0.15) is 11.8 Å². The van der Waals surface area contributed by atoms with E-state index in [2.05, 4.69) is 10.6 Å². The van der Waals surface area contributed by atoms with Crippen LogP contribution in [0, 0.1) is 29.6 Å². The van der Waals surface area contributed by atoms with Crippen molar-refractivity contribution in [1.82, 2.24) is 15.5 Å². The second kappa shape index (κ2) is 16.1. The SMILES string of the molecule is CSCC[C@@H](NC(=O)[C@@H](N)CC(C)C)C(=O)NCC(=O)N(C1C2CC3CC(C2)CC1C3)[C@@H](Cc1ccccc1)C(N)=O.Cl. The molecule has 4 saturated carbocycles. The van der Waals surface area contributed by atoms with E-state index in [9.17, 15) is 19.2 Å². The minimum absolute atomic E-state index is 0. The number of halogens is 1. The van der Waals surface area contributed by atoms with Crippen molar-refractivity contribution in [1.29, 1.82) is 0 Å². The van der Waals surface area contributed by atoms with Gasteiger partial charge in [0.05, 0.1) is 12.6 Å². The Hall–Kier alpha value is -2.30. The van der Waals surface area contributed by atoms with Crippen LogP contribution in [0.2, 0.25) is 0 Å². The number of hydrogen-bond donors (Lipinski definition) is 4. The first-order valence-electron chi connectivity index (χ1n) is 15.5. The summed E-state index contributed by atoms with van der Waals surface area (Å²) in [5, 5.41) is 5.59. The molecule has 11 heteroatoms. The van der Waals surface area contributed by atoms with Gasteiger partial charge in [0.1, 0.15) is 12.1 Å². The van der Waals surface area contributed by atoms with Crippen molar-refractivity contribution in [2.24, 2.45) is 41.1 Å². The summed E-state index contributed by atoms with van der Waals surface area (Å²) in [6, 6.07) is 7.25. The fraction of sp³-hybridized carbons (Fsp3) is 0.688. The maximum Gasteiger partial charge on any atom is 0.243 e. The topological polar surface area (TPSA) is 148 Å². The zero-order chi connectivity index (χ0) is 30.4. The van der Waals surface area contributed by atoms with Crippen LogP contribution in [0.25, 0.3) is 0 Å². The van der Waals surface area contributed by atoms with Crippen LogP contribution in [0.4, 0.5) is 0 Å². The van der Waals surface area contributed by atoms with Gasteiger partial charge in [0.15, 0.2) is 0 Å². The van der Waals surface area contributed by atoms with Crippen molar-refractivity contribution in [3.63, 3.8) is 0 Å². The van der Waals surface area contributed by atoms with Crippen molar-refractivity contribution in [2.75, 3.05) is 18.6 Å². The van der Waals surface area contributed by atoms with Crippen molar-refractivity contribution < 1.29 is 19.2 Å². The Kier molecular flexibility index (Phi) is 13.2. The molecular weight excluding hydrogens is 586 g/mol. The van der Waals surface area contributed by atoms with Crippen LogP contribution in [0.3, 0.4) is 0 Å². The molecule has 0 aliphatic heterocycles. The summed E-state index contributed by atoms with van der Waals surface area (Å²) >= 11 is 1.57. The van der Waals surface area contributed by atoms with E-state index in [1.807, 2.05) is 50.4 Å². The number of nitrogens with one attached hydrogen (secondary N) is 2. The van der Waals surface area contributed by atoms with Crippen LogP contribution in [-0.4, -0.2) is 71.2 Å². The van der Waals surface area contributed by atoms with Crippen LogP contribution in [0.1, 0.15) is 64.4 Å². The Morgan fingerprint density at radius 3 is 2.12 bits per heavy atom. The van der Waals surface area contributed by atoms with E-state index >= 15 is 0 Å². The second-order valence-electron chi connectivity index (χ2n) is 13.1. The van der Waals surface area contributed by atoms with Gasteiger partial charge in [0, 0.05) is 12.5 Å². The predicted molar refractivity (Wildman–Crippen MR) is 173 cm³/mol. The number of benzene rings is 1. The van der Waals surface area contributed by atoms with Crippen molar-refractivity contribution >= 4 is 47.8 Å². The van der Waals surface area contributed by atoms with Crippen LogP contribution >= 0.6 is 24.2 Å². The molecule has 4 amide bonds. The predicted octanol–water partition coefficient (Wildman–Crippen LogP) is 2.89. The standard InChI is InChI=1S/C32H49N5O4S.ClH/c1-19(2)11-25(33)31(40)36-26(9-10-42-3)32(41)35-18-28(38)37(27(30(34)39)17-20-7-5-4-6-8-20)29-23-13-21-12-22(15-23)16-24(29)14-21;/h4-8,19,21-27,29H,9-18,33H2,1-3H3,(H2,34,39)(H,35,41)(H,36,40);1H/t21?,22?,23?,24?,25-,26+,27-,29?;/m0./s1. The van der Waals surface area contributed by atoms with Gasteiger partial charge < -0.3 is 27.0 Å². The highest BCUT2D eigenvalue weighted by molar-refractivity contribution is 7.98. The maximum atomic E-state index is 14.1. The molecule has 43 heavy (non-hydrogen) atoms. The number of nitrogens with two attached hydrogens (primary N) is 2. The Labute approximate surface area is 266 Å². The molecule has 6 N–H and O–H groups in total. The van der Waals surface area contributed by atoms with Crippen LogP contribution < -0.4 is 22.1 Å². The lowest BCUT2D eigenvalue weighted by molar-refractivity contribution is -0.153. The van der Waals surface area contributed by atoms with Gasteiger partial charge in [-0.15, -0.1) is 12.4 Å². The van der Waals surface area contributed by atoms with E-state index in [0.717, 1.165) is 31.2 Å². The molecule has 9 nitrogen and oxygen atoms in total. The van der Waals surface area contributed by atoms with Gasteiger partial charge in [0.2, 0.25) is 23.6 Å². The first kappa shape index (κ1) is 35.2. The number of amides is 4. The summed E-state index contributed by atoms with van der Waals surface area (Å²) in [5.41, 5.74) is 13.0. The number of primary amides is 1. The summed E-state index contributed by atoms with van der Waals surface area (Å²) in [4.78, 5) is 54.9. The molecule has 5 rings (SSSR count). The molecule has 3 atom stereocenters. The van der Waals surface area contributed by atoms with Gasteiger partial charge in [-0.25, -0.2) is 0 Å². The summed E-state index contributed by atoms with van der Waals surface area (Å²) in [5.74, 6) is 1.36. The minimum atomic E-state index is -0.805. The average molecular weight is 636 g/mol. The lowest BCUT2D eigenvalue weighted by atomic mass is 9.53. The maximum absolute atomic E-state index is 14.1. The molecule has 0 saturated heterocycles.